The van der Waals surface area contributed by atoms with Crippen LogP contribution in [0.5, 0.6) is 5.75 Å². The number of halogens is 1. The van der Waals surface area contributed by atoms with E-state index in [9.17, 15) is 9.18 Å². The van der Waals surface area contributed by atoms with Gasteiger partial charge in [-0.2, -0.15) is 0 Å². The van der Waals surface area contributed by atoms with Gasteiger partial charge < -0.3 is 19.1 Å². The lowest BCUT2D eigenvalue weighted by Gasteiger charge is -2.53. The van der Waals surface area contributed by atoms with E-state index in [-0.39, 0.29) is 23.9 Å². The van der Waals surface area contributed by atoms with Crippen LogP contribution in [0.2, 0.25) is 0 Å². The average Bonchev–Trinajstić information content (AvgIpc) is 2.59. The minimum absolute atomic E-state index is 0.0323. The molecule has 2 aliphatic rings. The maximum absolute atomic E-state index is 12.9. The van der Waals surface area contributed by atoms with Crippen LogP contribution in [0.1, 0.15) is 26.2 Å². The smallest absolute Gasteiger partial charge is 0.260 e. The number of carbonyl (C=O) groups is 1. The number of nitrogens with zero attached hydrogens (tertiary/aromatic N) is 1. The Morgan fingerprint density at radius 3 is 2.84 bits per heavy atom. The molecule has 0 aliphatic carbocycles. The van der Waals surface area contributed by atoms with Gasteiger partial charge in [0, 0.05) is 19.8 Å². The summed E-state index contributed by atoms with van der Waals surface area (Å²) in [4.78, 5) is 14.0. The van der Waals surface area contributed by atoms with Crippen LogP contribution in [0, 0.1) is 11.7 Å². The summed E-state index contributed by atoms with van der Waals surface area (Å²) in [6, 6.07) is 5.67. The molecule has 0 radical (unpaired) electrons. The van der Waals surface area contributed by atoms with Crippen molar-refractivity contribution in [3.63, 3.8) is 0 Å². The molecule has 0 aromatic heterocycles. The van der Waals surface area contributed by atoms with Crippen LogP contribution < -0.4 is 4.74 Å². The molecule has 6 heteroatoms. The molecule has 0 saturated carbocycles. The molecule has 25 heavy (non-hydrogen) atoms. The summed E-state index contributed by atoms with van der Waals surface area (Å²) in [6.07, 6.45) is 3.11. The van der Waals surface area contributed by atoms with E-state index in [1.165, 1.54) is 24.3 Å². The largest absolute Gasteiger partial charge is 0.484 e. The Hall–Kier alpha value is -1.66. The van der Waals surface area contributed by atoms with E-state index in [2.05, 4.69) is 0 Å². The van der Waals surface area contributed by atoms with Crippen molar-refractivity contribution in [2.75, 3.05) is 39.5 Å². The quantitative estimate of drug-likeness (QED) is 0.709. The summed E-state index contributed by atoms with van der Waals surface area (Å²) in [7, 11) is 0. The first-order valence-electron chi connectivity index (χ1n) is 8.98. The summed E-state index contributed by atoms with van der Waals surface area (Å²) >= 11 is 0. The van der Waals surface area contributed by atoms with Gasteiger partial charge in [0.2, 0.25) is 0 Å². The molecule has 1 unspecified atom stereocenters. The highest BCUT2D eigenvalue weighted by molar-refractivity contribution is 5.79. The molecule has 0 N–H and O–H groups in total. The van der Waals surface area contributed by atoms with Crippen molar-refractivity contribution in [2.24, 2.45) is 5.92 Å². The molecule has 138 valence electrons. The van der Waals surface area contributed by atoms with Gasteiger partial charge >= 0.3 is 0 Å². The van der Waals surface area contributed by atoms with Crippen LogP contribution in [0.25, 0.3) is 0 Å². The van der Waals surface area contributed by atoms with E-state index in [1.54, 1.807) is 4.90 Å². The van der Waals surface area contributed by atoms with Gasteiger partial charge in [-0.25, -0.2) is 4.39 Å². The highest BCUT2D eigenvalue weighted by atomic mass is 19.1. The summed E-state index contributed by atoms with van der Waals surface area (Å²) in [5, 5.41) is 0. The Morgan fingerprint density at radius 2 is 2.12 bits per heavy atom. The molecule has 1 amide bonds. The van der Waals surface area contributed by atoms with E-state index < -0.39 is 0 Å². The molecule has 5 nitrogen and oxygen atoms in total. The molecule has 1 aromatic carbocycles. The Labute approximate surface area is 148 Å². The van der Waals surface area contributed by atoms with E-state index in [0.717, 1.165) is 39.1 Å². The van der Waals surface area contributed by atoms with E-state index in [4.69, 9.17) is 14.2 Å². The van der Waals surface area contributed by atoms with Crippen molar-refractivity contribution < 1.29 is 23.4 Å². The first kappa shape index (κ1) is 18.1. The highest BCUT2D eigenvalue weighted by Crippen LogP contribution is 2.38. The predicted octanol–water partition coefficient (Wildman–Crippen LogP) is 2.64. The standard InChI is InChI=1S/C19H26FNO4/c1-2-23-9-7-15-8-10-25-19(11-15)13-21(14-19)18(22)12-24-17-5-3-16(20)4-6-17/h3-6,15H,2,7-14H2,1H3. The predicted molar refractivity (Wildman–Crippen MR) is 91.0 cm³/mol. The van der Waals surface area contributed by atoms with Crippen LogP contribution in [-0.4, -0.2) is 55.9 Å². The second-order valence-corrected chi connectivity index (χ2v) is 6.87. The Morgan fingerprint density at radius 1 is 1.36 bits per heavy atom. The number of amides is 1. The van der Waals surface area contributed by atoms with Crippen LogP contribution in [0.15, 0.2) is 24.3 Å². The van der Waals surface area contributed by atoms with Gasteiger partial charge in [-0.15, -0.1) is 0 Å². The molecule has 2 heterocycles. The molecule has 1 spiro atoms. The van der Waals surface area contributed by atoms with Gasteiger partial charge in [-0.3, -0.25) is 4.79 Å². The number of likely N-dealkylation sites (tertiary alicyclic amines) is 1. The number of hydrogen-bond acceptors (Lipinski definition) is 4. The second-order valence-electron chi connectivity index (χ2n) is 6.87. The Bertz CT molecular complexity index is 571. The van der Waals surface area contributed by atoms with Crippen molar-refractivity contribution in [1.29, 1.82) is 0 Å². The zero-order valence-corrected chi connectivity index (χ0v) is 14.7. The summed E-state index contributed by atoms with van der Waals surface area (Å²) < 4.78 is 29.7. The number of ether oxygens (including phenoxy) is 3. The van der Waals surface area contributed by atoms with Crippen LogP contribution in [-0.2, 0) is 14.3 Å². The minimum Gasteiger partial charge on any atom is -0.484 e. The zero-order chi connectivity index (χ0) is 17.7. The maximum atomic E-state index is 12.9. The fraction of sp³-hybridized carbons (Fsp3) is 0.632. The van der Waals surface area contributed by atoms with Gasteiger partial charge in [0.15, 0.2) is 6.61 Å². The zero-order valence-electron chi connectivity index (χ0n) is 14.7. The highest BCUT2D eigenvalue weighted by Gasteiger charge is 2.49. The lowest BCUT2D eigenvalue weighted by Crippen LogP contribution is -2.67. The molecule has 1 atom stereocenters. The maximum Gasteiger partial charge on any atom is 0.260 e. The van der Waals surface area contributed by atoms with E-state index in [1.807, 2.05) is 6.92 Å². The molecule has 0 bridgehead atoms. The van der Waals surface area contributed by atoms with E-state index in [0.29, 0.717) is 24.8 Å². The number of benzene rings is 1. The van der Waals surface area contributed by atoms with Crippen LogP contribution in [0.3, 0.4) is 0 Å². The first-order valence-corrected chi connectivity index (χ1v) is 8.98. The Balaban J connectivity index is 1.41. The lowest BCUT2D eigenvalue weighted by molar-refractivity contribution is -0.190. The molecule has 1 aromatic rings. The van der Waals surface area contributed by atoms with Crippen molar-refractivity contribution in [2.45, 2.75) is 31.8 Å². The monoisotopic (exact) mass is 351 g/mol. The van der Waals surface area contributed by atoms with E-state index >= 15 is 0 Å². The van der Waals surface area contributed by atoms with Crippen LogP contribution in [0.4, 0.5) is 4.39 Å². The van der Waals surface area contributed by atoms with Gasteiger partial charge in [0.1, 0.15) is 17.2 Å². The molecular formula is C19H26FNO4. The third-order valence-corrected chi connectivity index (χ3v) is 4.96. The third-order valence-electron chi connectivity index (χ3n) is 4.96. The minimum atomic E-state index is -0.323. The molecule has 3 rings (SSSR count). The van der Waals surface area contributed by atoms with Gasteiger partial charge in [0.25, 0.3) is 5.91 Å². The molecule has 2 fully saturated rings. The summed E-state index contributed by atoms with van der Waals surface area (Å²) in [5.74, 6) is 0.717. The normalized spacial score (nSPS) is 21.8. The fourth-order valence-electron chi connectivity index (χ4n) is 3.58. The topological polar surface area (TPSA) is 48.0 Å². The number of rotatable bonds is 7. The first-order chi connectivity index (χ1) is 12.1. The Kier molecular flexibility index (Phi) is 5.91. The van der Waals surface area contributed by atoms with Crippen LogP contribution >= 0.6 is 0 Å². The fourth-order valence-corrected chi connectivity index (χ4v) is 3.58. The summed E-state index contributed by atoms with van der Waals surface area (Å²) in [5.41, 5.74) is -0.180. The van der Waals surface area contributed by atoms with Crippen molar-refractivity contribution in [3.8, 4) is 5.75 Å². The SMILES string of the molecule is CCOCCC1CCOC2(C1)CN(C(=O)COc1ccc(F)cc1)C2. The second kappa shape index (κ2) is 8.15. The van der Waals surface area contributed by atoms with Gasteiger partial charge in [0.05, 0.1) is 13.1 Å². The van der Waals surface area contributed by atoms with Gasteiger partial charge in [-0.1, -0.05) is 0 Å². The van der Waals surface area contributed by atoms with Gasteiger partial charge in [-0.05, 0) is 56.4 Å². The third kappa shape index (κ3) is 4.70. The molecular weight excluding hydrogens is 325 g/mol. The number of carbonyl (C=O) groups excluding carboxylic acids is 1. The molecule has 2 aliphatic heterocycles. The van der Waals surface area contributed by atoms with Crippen molar-refractivity contribution >= 4 is 5.91 Å². The lowest BCUT2D eigenvalue weighted by atomic mass is 9.79. The summed E-state index contributed by atoms with van der Waals surface area (Å²) in [6.45, 7) is 5.54. The van der Waals surface area contributed by atoms with Crippen molar-refractivity contribution in [3.05, 3.63) is 30.1 Å². The molecule has 2 saturated heterocycles. The number of hydrogen-bond donors (Lipinski definition) is 0. The van der Waals surface area contributed by atoms with Crippen molar-refractivity contribution in [1.82, 2.24) is 4.90 Å². The average molecular weight is 351 g/mol.